The molecule has 0 aliphatic rings. The van der Waals surface area contributed by atoms with Gasteiger partial charge < -0.3 is 5.21 Å². The minimum absolute atomic E-state index is 0.00926. The first-order valence-corrected chi connectivity index (χ1v) is 6.73. The third-order valence-electron chi connectivity index (χ3n) is 2.79. The molecule has 0 atom stereocenters. The molecule has 18 heavy (non-hydrogen) atoms. The Labute approximate surface area is 112 Å². The molecule has 0 amide bonds. The van der Waals surface area contributed by atoms with Crippen LogP contribution in [0.1, 0.15) is 55.4 Å². The molecule has 0 rings (SSSR count). The molecule has 4 heteroatoms. The predicted molar refractivity (Wildman–Crippen MR) is 78.2 cm³/mol. The largest absolute Gasteiger partial charge is 0.411 e. The SMILES string of the molecule is CC(C)C(=NO)C(C)C.CC(C)C(N=O)C(C)C. The number of hydrogen-bond donors (Lipinski definition) is 1. The van der Waals surface area contributed by atoms with Gasteiger partial charge in [0.15, 0.2) is 0 Å². The van der Waals surface area contributed by atoms with E-state index in [4.69, 9.17) is 5.21 Å². The Morgan fingerprint density at radius 3 is 1.17 bits per heavy atom. The van der Waals surface area contributed by atoms with Crippen molar-refractivity contribution in [3.63, 3.8) is 0 Å². The Kier molecular flexibility index (Phi) is 10.8. The fraction of sp³-hybridized carbons (Fsp3) is 0.929. The summed E-state index contributed by atoms with van der Waals surface area (Å²) in [6.45, 7) is 16.2. The summed E-state index contributed by atoms with van der Waals surface area (Å²) < 4.78 is 0. The Morgan fingerprint density at radius 2 is 1.17 bits per heavy atom. The number of nitrogens with zero attached hydrogens (tertiary/aromatic N) is 2. The van der Waals surface area contributed by atoms with E-state index in [2.05, 4.69) is 10.3 Å². The van der Waals surface area contributed by atoms with E-state index in [9.17, 15) is 4.91 Å². The fourth-order valence-corrected chi connectivity index (χ4v) is 1.91. The Bertz CT molecular complexity index is 228. The van der Waals surface area contributed by atoms with E-state index in [1.165, 1.54) is 0 Å². The van der Waals surface area contributed by atoms with E-state index in [1.807, 2.05) is 55.4 Å². The van der Waals surface area contributed by atoms with E-state index in [-0.39, 0.29) is 6.04 Å². The van der Waals surface area contributed by atoms with Crippen LogP contribution < -0.4 is 0 Å². The lowest BCUT2D eigenvalue weighted by Crippen LogP contribution is -2.18. The van der Waals surface area contributed by atoms with Gasteiger partial charge in [-0.05, 0) is 23.7 Å². The van der Waals surface area contributed by atoms with Gasteiger partial charge in [-0.15, -0.1) is 0 Å². The molecule has 0 aromatic rings. The maximum Gasteiger partial charge on any atom is 0.0965 e. The second-order valence-electron chi connectivity index (χ2n) is 5.92. The van der Waals surface area contributed by atoms with Gasteiger partial charge in [0.1, 0.15) is 0 Å². The van der Waals surface area contributed by atoms with Crippen molar-refractivity contribution in [2.24, 2.45) is 34.0 Å². The number of oxime groups is 1. The molecular weight excluding hydrogens is 228 g/mol. The standard InChI is InChI=1S/2C7H15NO/c2*1-5(2)7(8-9)6(3)4/h5-6,9H,1-4H3;5-7H,1-4H3. The first-order chi connectivity index (χ1) is 8.18. The van der Waals surface area contributed by atoms with Crippen molar-refractivity contribution in [1.29, 1.82) is 0 Å². The fourth-order valence-electron chi connectivity index (χ4n) is 1.91. The number of hydrogen-bond acceptors (Lipinski definition) is 4. The first kappa shape index (κ1) is 19.4. The molecule has 108 valence electrons. The third kappa shape index (κ3) is 8.20. The zero-order chi connectivity index (χ0) is 14.9. The first-order valence-electron chi connectivity index (χ1n) is 6.73. The molecule has 0 bridgehead atoms. The zero-order valence-electron chi connectivity index (χ0n) is 13.1. The summed E-state index contributed by atoms with van der Waals surface area (Å²) in [5.74, 6) is 1.47. The van der Waals surface area contributed by atoms with Gasteiger partial charge in [0.05, 0.1) is 11.8 Å². The van der Waals surface area contributed by atoms with Crippen molar-refractivity contribution >= 4 is 5.71 Å². The smallest absolute Gasteiger partial charge is 0.0965 e. The van der Waals surface area contributed by atoms with Gasteiger partial charge in [-0.1, -0.05) is 65.7 Å². The van der Waals surface area contributed by atoms with Crippen LogP contribution in [0, 0.1) is 28.6 Å². The van der Waals surface area contributed by atoms with Crippen molar-refractivity contribution in [3.8, 4) is 0 Å². The van der Waals surface area contributed by atoms with Gasteiger partial charge in [0.25, 0.3) is 0 Å². The van der Waals surface area contributed by atoms with Crippen LogP contribution in [0.4, 0.5) is 0 Å². The topological polar surface area (TPSA) is 62.0 Å². The average molecular weight is 258 g/mol. The molecule has 0 aliphatic heterocycles. The summed E-state index contributed by atoms with van der Waals surface area (Å²) in [5, 5.41) is 14.7. The van der Waals surface area contributed by atoms with Crippen LogP contribution in [0.2, 0.25) is 0 Å². The molecule has 0 spiro atoms. The molecular formula is C14H30N2O2. The van der Waals surface area contributed by atoms with E-state index >= 15 is 0 Å². The number of rotatable bonds is 5. The highest BCUT2D eigenvalue weighted by Gasteiger charge is 2.16. The van der Waals surface area contributed by atoms with Crippen LogP contribution in [0.5, 0.6) is 0 Å². The summed E-state index contributed by atoms with van der Waals surface area (Å²) in [6.07, 6.45) is 0. The molecule has 0 radical (unpaired) electrons. The Balaban J connectivity index is 0. The molecule has 0 saturated heterocycles. The lowest BCUT2D eigenvalue weighted by Gasteiger charge is -2.15. The van der Waals surface area contributed by atoms with Crippen LogP contribution in [0.3, 0.4) is 0 Å². The maximum absolute atomic E-state index is 10.1. The average Bonchev–Trinajstić information content (AvgIpc) is 2.17. The van der Waals surface area contributed by atoms with Crippen LogP contribution in [-0.2, 0) is 0 Å². The predicted octanol–water partition coefficient (Wildman–Crippen LogP) is 4.56. The van der Waals surface area contributed by atoms with Crippen LogP contribution in [0.15, 0.2) is 10.3 Å². The monoisotopic (exact) mass is 258 g/mol. The lowest BCUT2D eigenvalue weighted by atomic mass is 9.94. The molecule has 0 saturated carbocycles. The van der Waals surface area contributed by atoms with Crippen molar-refractivity contribution in [2.75, 3.05) is 0 Å². The normalized spacial score (nSPS) is 10.9. The summed E-state index contributed by atoms with van der Waals surface area (Å²) in [6, 6.07) is -0.00926. The quantitative estimate of drug-likeness (QED) is 0.340. The van der Waals surface area contributed by atoms with Crippen molar-refractivity contribution in [2.45, 2.75) is 61.4 Å². The van der Waals surface area contributed by atoms with Crippen LogP contribution in [0.25, 0.3) is 0 Å². The molecule has 4 nitrogen and oxygen atoms in total. The Hall–Kier alpha value is -0.930. The highest BCUT2D eigenvalue weighted by atomic mass is 16.4. The van der Waals surface area contributed by atoms with E-state index in [1.54, 1.807) is 0 Å². The zero-order valence-corrected chi connectivity index (χ0v) is 13.1. The minimum atomic E-state index is -0.00926. The molecule has 0 fully saturated rings. The molecule has 0 aromatic carbocycles. The van der Waals surface area contributed by atoms with E-state index in [0.717, 1.165) is 5.71 Å². The summed E-state index contributed by atoms with van der Waals surface area (Å²) in [7, 11) is 0. The minimum Gasteiger partial charge on any atom is -0.411 e. The highest BCUT2D eigenvalue weighted by molar-refractivity contribution is 5.87. The maximum atomic E-state index is 10.1. The molecule has 0 unspecified atom stereocenters. The lowest BCUT2D eigenvalue weighted by molar-refractivity contribution is 0.312. The van der Waals surface area contributed by atoms with Gasteiger partial charge in [-0.3, -0.25) is 0 Å². The molecule has 0 aromatic heterocycles. The van der Waals surface area contributed by atoms with Gasteiger partial charge in [-0.2, -0.15) is 4.91 Å². The van der Waals surface area contributed by atoms with Gasteiger partial charge >= 0.3 is 0 Å². The van der Waals surface area contributed by atoms with Gasteiger partial charge in [0.2, 0.25) is 0 Å². The third-order valence-corrected chi connectivity index (χ3v) is 2.79. The van der Waals surface area contributed by atoms with Crippen molar-refractivity contribution in [1.82, 2.24) is 0 Å². The van der Waals surface area contributed by atoms with Gasteiger partial charge in [0, 0.05) is 0 Å². The second-order valence-corrected chi connectivity index (χ2v) is 5.92. The molecule has 0 heterocycles. The van der Waals surface area contributed by atoms with Crippen LogP contribution in [-0.4, -0.2) is 17.0 Å². The number of nitroso groups, excluding NO2 is 1. The summed E-state index contributed by atoms with van der Waals surface area (Å²) in [4.78, 5) is 10.1. The van der Waals surface area contributed by atoms with E-state index < -0.39 is 0 Å². The summed E-state index contributed by atoms with van der Waals surface area (Å²) in [5.41, 5.74) is 0.870. The highest BCUT2D eigenvalue weighted by Crippen LogP contribution is 2.14. The second kappa shape index (κ2) is 10.0. The van der Waals surface area contributed by atoms with E-state index in [0.29, 0.717) is 23.7 Å². The summed E-state index contributed by atoms with van der Waals surface area (Å²) >= 11 is 0. The van der Waals surface area contributed by atoms with Gasteiger partial charge in [-0.25, -0.2) is 0 Å². The molecule has 0 aliphatic carbocycles. The van der Waals surface area contributed by atoms with Crippen molar-refractivity contribution in [3.05, 3.63) is 4.91 Å². The van der Waals surface area contributed by atoms with Crippen LogP contribution >= 0.6 is 0 Å². The molecule has 1 N–H and O–H groups in total. The van der Waals surface area contributed by atoms with Crippen molar-refractivity contribution < 1.29 is 5.21 Å². The Morgan fingerprint density at radius 1 is 0.833 bits per heavy atom.